The van der Waals surface area contributed by atoms with E-state index >= 15 is 0 Å². The number of benzene rings is 2. The monoisotopic (exact) mass is 707 g/mol. The van der Waals surface area contributed by atoms with Crippen molar-refractivity contribution in [2.45, 2.75) is 97.2 Å². The molecule has 4 N–H and O–H groups in total. The molecule has 0 aliphatic rings. The molecule has 3 rings (SSSR count). The Morgan fingerprint density at radius 3 is 2.08 bits per heavy atom. The van der Waals surface area contributed by atoms with Crippen LogP contribution < -0.4 is 16.4 Å². The van der Waals surface area contributed by atoms with E-state index in [1.54, 1.807) is 19.1 Å². The molecule has 0 aliphatic carbocycles. The SMILES string of the molecule is CC/C=C\C/C=C\C/C=C\C/C=C\C/C=C\CCCC(=O)NC(N)c1ccc(NCc2nc3cc(C(=O)CCCC(=O)OCC)ccc3n2C)cc1. The molecule has 278 valence electrons. The number of imidazole rings is 1. The Morgan fingerprint density at radius 2 is 1.44 bits per heavy atom. The molecule has 1 atom stereocenters. The lowest BCUT2D eigenvalue weighted by molar-refractivity contribution is -0.143. The number of amides is 1. The van der Waals surface area contributed by atoms with E-state index in [1.165, 1.54) is 0 Å². The summed E-state index contributed by atoms with van der Waals surface area (Å²) in [4.78, 5) is 41.5. The van der Waals surface area contributed by atoms with Crippen LogP contribution in [0.1, 0.15) is 112 Å². The zero-order valence-electron chi connectivity index (χ0n) is 31.2. The summed E-state index contributed by atoms with van der Waals surface area (Å²) < 4.78 is 6.93. The smallest absolute Gasteiger partial charge is 0.305 e. The van der Waals surface area contributed by atoms with Gasteiger partial charge in [-0.15, -0.1) is 0 Å². The topological polar surface area (TPSA) is 128 Å². The molecule has 0 bridgehead atoms. The third kappa shape index (κ3) is 15.5. The first-order chi connectivity index (χ1) is 25.3. The van der Waals surface area contributed by atoms with Crippen LogP contribution in [0.5, 0.6) is 0 Å². The van der Waals surface area contributed by atoms with Crippen LogP contribution in [0, 0.1) is 0 Å². The zero-order valence-corrected chi connectivity index (χ0v) is 31.2. The van der Waals surface area contributed by atoms with Crippen molar-refractivity contribution in [1.29, 1.82) is 0 Å². The fraction of sp³-hybridized carbons (Fsp3) is 0.395. The van der Waals surface area contributed by atoms with Crippen molar-refractivity contribution in [1.82, 2.24) is 14.9 Å². The van der Waals surface area contributed by atoms with Crippen molar-refractivity contribution in [2.75, 3.05) is 11.9 Å². The number of nitrogens with two attached hydrogens (primary N) is 1. The second kappa shape index (κ2) is 24.2. The highest BCUT2D eigenvalue weighted by atomic mass is 16.5. The van der Waals surface area contributed by atoms with Crippen molar-refractivity contribution in [3.8, 4) is 0 Å². The number of anilines is 1. The minimum absolute atomic E-state index is 0.0210. The van der Waals surface area contributed by atoms with E-state index in [9.17, 15) is 14.4 Å². The van der Waals surface area contributed by atoms with E-state index in [1.807, 2.05) is 41.9 Å². The average molecular weight is 708 g/mol. The highest BCUT2D eigenvalue weighted by Crippen LogP contribution is 2.20. The molecular weight excluding hydrogens is 651 g/mol. The Balaban J connectivity index is 1.33. The number of aromatic nitrogens is 2. The molecule has 1 unspecified atom stereocenters. The Labute approximate surface area is 309 Å². The highest BCUT2D eigenvalue weighted by Gasteiger charge is 2.14. The van der Waals surface area contributed by atoms with Crippen molar-refractivity contribution < 1.29 is 19.1 Å². The number of carbonyl (C=O) groups excluding carboxylic acids is 3. The van der Waals surface area contributed by atoms with Gasteiger partial charge in [0.15, 0.2) is 5.78 Å². The maximum atomic E-state index is 12.7. The number of ether oxygens (including phenoxy) is 1. The summed E-state index contributed by atoms with van der Waals surface area (Å²) >= 11 is 0. The molecular formula is C43H57N5O4. The summed E-state index contributed by atoms with van der Waals surface area (Å²) in [5.41, 5.74) is 10.2. The Hall–Kier alpha value is -5.02. The maximum Gasteiger partial charge on any atom is 0.305 e. The van der Waals surface area contributed by atoms with Crippen molar-refractivity contribution >= 4 is 34.4 Å². The second-order valence-corrected chi connectivity index (χ2v) is 12.5. The van der Waals surface area contributed by atoms with E-state index in [0.717, 1.165) is 73.1 Å². The summed E-state index contributed by atoms with van der Waals surface area (Å²) in [5.74, 6) is 0.452. The van der Waals surface area contributed by atoms with Gasteiger partial charge in [0, 0.05) is 37.6 Å². The van der Waals surface area contributed by atoms with Crippen LogP contribution in [0.25, 0.3) is 11.0 Å². The van der Waals surface area contributed by atoms with E-state index in [-0.39, 0.29) is 30.5 Å². The van der Waals surface area contributed by atoms with Gasteiger partial charge in [-0.1, -0.05) is 79.8 Å². The molecule has 0 spiro atoms. The number of fused-ring (bicyclic) bond motifs is 1. The van der Waals surface area contributed by atoms with Crippen molar-refractivity contribution in [3.63, 3.8) is 0 Å². The number of rotatable bonds is 24. The molecule has 0 fully saturated rings. The minimum atomic E-state index is -0.586. The number of ketones is 1. The average Bonchev–Trinajstić information content (AvgIpc) is 3.46. The molecule has 0 saturated heterocycles. The second-order valence-electron chi connectivity index (χ2n) is 12.5. The zero-order chi connectivity index (χ0) is 37.4. The van der Waals surface area contributed by atoms with Crippen LogP contribution in [0.4, 0.5) is 5.69 Å². The van der Waals surface area contributed by atoms with E-state index in [2.05, 4.69) is 78.3 Å². The number of carbonyl (C=O) groups is 3. The number of aryl methyl sites for hydroxylation is 1. The largest absolute Gasteiger partial charge is 0.466 e. The number of unbranched alkanes of at least 4 members (excludes halogenated alkanes) is 1. The fourth-order valence-corrected chi connectivity index (χ4v) is 5.42. The third-order valence-electron chi connectivity index (χ3n) is 8.35. The van der Waals surface area contributed by atoms with Crippen LogP contribution in [-0.4, -0.2) is 33.8 Å². The molecule has 52 heavy (non-hydrogen) atoms. The minimum Gasteiger partial charge on any atom is -0.466 e. The summed E-state index contributed by atoms with van der Waals surface area (Å²) in [6.07, 6.45) is 29.1. The van der Waals surface area contributed by atoms with Gasteiger partial charge in [0.05, 0.1) is 24.2 Å². The van der Waals surface area contributed by atoms with Gasteiger partial charge in [-0.2, -0.15) is 0 Å². The lowest BCUT2D eigenvalue weighted by atomic mass is 10.0. The van der Waals surface area contributed by atoms with E-state index < -0.39 is 6.17 Å². The predicted molar refractivity (Wildman–Crippen MR) is 213 cm³/mol. The van der Waals surface area contributed by atoms with Gasteiger partial charge in [0.1, 0.15) is 12.0 Å². The van der Waals surface area contributed by atoms with Gasteiger partial charge in [-0.05, 0) is 94.2 Å². The Bertz CT molecular complexity index is 1700. The molecule has 1 heterocycles. The number of esters is 1. The molecule has 1 amide bonds. The van der Waals surface area contributed by atoms with Crippen molar-refractivity contribution in [3.05, 3.63) is 120 Å². The van der Waals surface area contributed by atoms with Gasteiger partial charge < -0.3 is 25.7 Å². The molecule has 0 saturated carbocycles. The highest BCUT2D eigenvalue weighted by molar-refractivity contribution is 5.99. The number of hydrogen-bond donors (Lipinski definition) is 3. The number of nitrogens with one attached hydrogen (secondary N) is 2. The molecule has 0 radical (unpaired) electrons. The lowest BCUT2D eigenvalue weighted by Gasteiger charge is -2.15. The molecule has 9 nitrogen and oxygen atoms in total. The van der Waals surface area contributed by atoms with Crippen LogP contribution in [0.3, 0.4) is 0 Å². The molecule has 1 aromatic heterocycles. The van der Waals surface area contributed by atoms with Gasteiger partial charge in [-0.3, -0.25) is 14.4 Å². The molecule has 0 aliphatic heterocycles. The Morgan fingerprint density at radius 1 is 0.808 bits per heavy atom. The molecule has 2 aromatic carbocycles. The molecule has 3 aromatic rings. The van der Waals surface area contributed by atoms with Crippen LogP contribution in [-0.2, 0) is 27.9 Å². The number of allylic oxidation sites excluding steroid dienone is 10. The van der Waals surface area contributed by atoms with Gasteiger partial charge in [-0.25, -0.2) is 4.98 Å². The maximum absolute atomic E-state index is 12.7. The Kier molecular flexibility index (Phi) is 19.3. The summed E-state index contributed by atoms with van der Waals surface area (Å²) in [7, 11) is 1.95. The first kappa shape index (κ1) is 41.4. The summed E-state index contributed by atoms with van der Waals surface area (Å²) in [5, 5.41) is 6.29. The summed E-state index contributed by atoms with van der Waals surface area (Å²) in [6.45, 7) is 4.73. The van der Waals surface area contributed by atoms with Gasteiger partial charge in [0.25, 0.3) is 0 Å². The van der Waals surface area contributed by atoms with E-state index in [4.69, 9.17) is 15.5 Å². The van der Waals surface area contributed by atoms with E-state index in [0.29, 0.717) is 31.6 Å². The van der Waals surface area contributed by atoms with Gasteiger partial charge >= 0.3 is 5.97 Å². The van der Waals surface area contributed by atoms with Crippen LogP contribution in [0.15, 0.2) is 103 Å². The standard InChI is InChI=1S/C43H57N5O4/c1-4-6-7-8-9-10-11-12-13-14-15-16-17-18-19-20-21-24-41(50)47-43(44)34-26-29-36(30-27-34)45-33-40-46-37-32-35(28-31-38(37)48(40)3)39(49)23-22-25-42(51)52-5-2/h6-7,9-10,12-13,15-16,18-19,26-32,43,45H,4-5,8,11,14,17,20-25,33,44H2,1-3H3,(H,47,50)/b7-6-,10-9-,13-12-,16-15-,19-18-. The number of nitrogens with zero attached hydrogens (tertiary/aromatic N) is 2. The fourth-order valence-electron chi connectivity index (χ4n) is 5.42. The number of Topliss-reactive ketones (excluding diaryl/α,β-unsaturated/α-hetero) is 1. The van der Waals surface area contributed by atoms with Crippen molar-refractivity contribution in [2.24, 2.45) is 12.8 Å². The quantitative estimate of drug-likeness (QED) is 0.0279. The predicted octanol–water partition coefficient (Wildman–Crippen LogP) is 9.10. The first-order valence-electron chi connectivity index (χ1n) is 18.6. The first-order valence-corrected chi connectivity index (χ1v) is 18.6. The van der Waals surface area contributed by atoms with Crippen LogP contribution >= 0.6 is 0 Å². The normalized spacial score (nSPS) is 12.6. The number of hydrogen-bond acceptors (Lipinski definition) is 7. The lowest BCUT2D eigenvalue weighted by Crippen LogP contribution is -2.33. The van der Waals surface area contributed by atoms with Crippen LogP contribution in [0.2, 0.25) is 0 Å². The molecule has 9 heteroatoms. The van der Waals surface area contributed by atoms with Gasteiger partial charge in [0.2, 0.25) is 5.91 Å². The summed E-state index contributed by atoms with van der Waals surface area (Å²) in [6, 6.07) is 13.2. The third-order valence-corrected chi connectivity index (χ3v) is 8.35.